The minimum absolute atomic E-state index is 0.356. The molecule has 12 aromatic carbocycles. The molecular weight excluding hydrogens is 1750 g/mol. The molecule has 8 aliphatic rings. The summed E-state index contributed by atoms with van der Waals surface area (Å²) in [6.07, 6.45) is 26.7. The SMILES string of the molecule is CC1=C(C)c2c(C)c(C)c(C)c(C)c2C2(C=Cc3c2ccc2ccoc32)c2c(C)c(C)c(C)c(C)c21.CC1=C(C)c2c(C)c(C)c(C)c(C)c2C2(C=Cc3c2ccc2occc32)c2c(C)c(C)c(C)c(C)c21.CC1=C(C)c2c(C)c(C)c(C)c(C)c2C2(C=Cc3cc4ccoc4cc32)c2c(C)c(C)c(C)c(C)c21.CC1=C(C)c2c(C)c(C)c(C)c(C)c2C2(C=Cc3cc4occc4cc32)c2c(C)c(C)c(C)c(C)c21. The van der Waals surface area contributed by atoms with E-state index >= 15 is 0 Å². The van der Waals surface area contributed by atoms with Gasteiger partial charge in [0.1, 0.15) is 22.3 Å². The molecule has 0 aliphatic heterocycles. The zero-order chi connectivity index (χ0) is 103. The molecule has 0 atom stereocenters. The summed E-state index contributed by atoms with van der Waals surface area (Å²) in [5.74, 6) is 0. The van der Waals surface area contributed by atoms with Gasteiger partial charge in [0.2, 0.25) is 0 Å². The molecule has 8 aliphatic carbocycles. The predicted octanol–water partition coefficient (Wildman–Crippen LogP) is 38.1. The van der Waals surface area contributed by atoms with Gasteiger partial charge in [-0.1, -0.05) is 66.8 Å². The van der Waals surface area contributed by atoms with Crippen molar-refractivity contribution in [2.45, 2.75) is 299 Å². The third kappa shape index (κ3) is 12.3. The molecular formula is C140H144O4. The molecule has 0 saturated heterocycles. The van der Waals surface area contributed by atoms with E-state index in [9.17, 15) is 0 Å². The molecule has 0 saturated carbocycles. The Balaban J connectivity index is 0.000000113. The van der Waals surface area contributed by atoms with Crippen molar-refractivity contribution in [1.29, 1.82) is 0 Å². The van der Waals surface area contributed by atoms with Crippen LogP contribution in [0.4, 0.5) is 0 Å². The lowest BCUT2D eigenvalue weighted by molar-refractivity contribution is 0.614. The van der Waals surface area contributed by atoms with Crippen molar-refractivity contribution in [3.05, 3.63) is 434 Å². The van der Waals surface area contributed by atoms with Crippen LogP contribution in [0.2, 0.25) is 0 Å². The Morgan fingerprint density at radius 1 is 0.167 bits per heavy atom. The lowest BCUT2D eigenvalue weighted by Crippen LogP contribution is -2.31. The molecule has 4 nitrogen and oxygen atoms in total. The van der Waals surface area contributed by atoms with Crippen molar-refractivity contribution in [2.24, 2.45) is 0 Å². The number of fused-ring (bicyclic) bond motifs is 30. The monoisotopic (exact) mass is 1890 g/mol. The van der Waals surface area contributed by atoms with Crippen molar-refractivity contribution in [3.8, 4) is 0 Å². The summed E-state index contributed by atoms with van der Waals surface area (Å²) in [4.78, 5) is 0. The maximum Gasteiger partial charge on any atom is 0.141 e. The smallest absolute Gasteiger partial charge is 0.141 e. The van der Waals surface area contributed by atoms with Crippen molar-refractivity contribution in [1.82, 2.24) is 0 Å². The zero-order valence-electron chi connectivity index (χ0n) is 93.5. The summed E-state index contributed by atoms with van der Waals surface area (Å²) in [5, 5.41) is 4.69. The molecule has 728 valence electrons. The molecule has 4 aromatic heterocycles. The van der Waals surface area contributed by atoms with Crippen molar-refractivity contribution < 1.29 is 17.7 Å². The molecule has 0 unspecified atom stereocenters. The second kappa shape index (κ2) is 33.1. The van der Waals surface area contributed by atoms with Gasteiger partial charge in [-0.3, -0.25) is 0 Å². The van der Waals surface area contributed by atoms with E-state index in [2.05, 4.69) is 398 Å². The normalized spacial score (nSPS) is 15.5. The van der Waals surface area contributed by atoms with Crippen LogP contribution in [0.1, 0.15) is 367 Å². The van der Waals surface area contributed by atoms with E-state index < -0.39 is 0 Å². The fraction of sp³-hybridized carbons (Fsp3) is 0.314. The number of rotatable bonds is 0. The van der Waals surface area contributed by atoms with Gasteiger partial charge in [-0.25, -0.2) is 0 Å². The molecule has 0 amide bonds. The Bertz CT molecular complexity index is 7750. The van der Waals surface area contributed by atoms with Gasteiger partial charge >= 0.3 is 0 Å². The average molecular weight is 1890 g/mol. The standard InChI is InChI=1S/4C35H36O/c1-17-19(3)25(9)33-31(21(17)5)23(7)24(8)32-22(6)18(2)20(4)26(10)34(32)35(33)13-11-27-16-30-28(12-14-36-30)15-29(27)35;1-17-19(3)25(9)33-31(21(17)5)23(7)24(8)32-22(6)18(2)20(4)26(10)34(32)35(33)13-11-27-15-28-12-14-36-30(28)16-29(27)35;1-17-19(3)25(9)33-31(21(17)5)23(7)24(8)32-22(6)18(2)20(4)26(10)34(32)35(33)15-13-27-28-14-16-36-30(28)12-11-29(27)35;1-17-19(3)25(9)32-30(21(17)5)23(7)24(8)31-22(6)18(2)20(4)26(10)33(31)35(32)15-13-28-29(35)12-11-27-14-16-36-34(27)28/h4*11-16H,1-10H3. The lowest BCUT2D eigenvalue weighted by atomic mass is 9.63. The second-order valence-corrected chi connectivity index (χ2v) is 45.1. The van der Waals surface area contributed by atoms with Gasteiger partial charge in [-0.2, -0.15) is 0 Å². The highest BCUT2D eigenvalue weighted by Gasteiger charge is 2.54. The van der Waals surface area contributed by atoms with Crippen LogP contribution in [0.25, 0.3) is 113 Å². The average Bonchev–Trinajstić information content (AvgIpc) is 1.53. The molecule has 0 N–H and O–H groups in total. The summed E-state index contributed by atoms with van der Waals surface area (Å²) in [5.41, 5.74) is 92.2. The van der Waals surface area contributed by atoms with Crippen LogP contribution in [0, 0.1) is 222 Å². The van der Waals surface area contributed by atoms with Crippen LogP contribution >= 0.6 is 0 Å². The quantitative estimate of drug-likeness (QED) is 0.152. The third-order valence-corrected chi connectivity index (χ3v) is 40.2. The van der Waals surface area contributed by atoms with E-state index in [1.54, 1.807) is 0 Å². The van der Waals surface area contributed by atoms with Crippen LogP contribution in [0.3, 0.4) is 0 Å². The van der Waals surface area contributed by atoms with Gasteiger partial charge in [-0.05, 0) is 682 Å². The number of benzene rings is 12. The molecule has 4 spiro atoms. The van der Waals surface area contributed by atoms with E-state index in [4.69, 9.17) is 17.7 Å². The summed E-state index contributed by atoms with van der Waals surface area (Å²) < 4.78 is 23.7. The van der Waals surface area contributed by atoms with E-state index in [1.807, 2.05) is 25.1 Å². The van der Waals surface area contributed by atoms with Crippen LogP contribution in [-0.2, 0) is 21.7 Å². The topological polar surface area (TPSA) is 52.6 Å². The number of allylic oxidation sites excluding steroid dienone is 12. The molecule has 4 heterocycles. The highest BCUT2D eigenvalue weighted by Crippen LogP contribution is 2.66. The van der Waals surface area contributed by atoms with Crippen LogP contribution < -0.4 is 0 Å². The molecule has 144 heavy (non-hydrogen) atoms. The van der Waals surface area contributed by atoms with Gasteiger partial charge < -0.3 is 17.7 Å². The largest absolute Gasteiger partial charge is 0.464 e. The van der Waals surface area contributed by atoms with E-state index in [1.165, 1.54) is 367 Å². The van der Waals surface area contributed by atoms with Gasteiger partial charge in [0.15, 0.2) is 0 Å². The molecule has 16 aromatic rings. The van der Waals surface area contributed by atoms with Crippen molar-refractivity contribution >= 4 is 113 Å². The Labute approximate surface area is 856 Å². The fourth-order valence-corrected chi connectivity index (χ4v) is 29.3. The van der Waals surface area contributed by atoms with Gasteiger partial charge in [0.05, 0.1) is 46.7 Å². The Hall–Kier alpha value is -13.3. The Morgan fingerprint density at radius 2 is 0.396 bits per heavy atom. The highest BCUT2D eigenvalue weighted by molar-refractivity contribution is 6.07. The number of hydrogen-bond acceptors (Lipinski definition) is 4. The molecule has 0 fully saturated rings. The summed E-state index contributed by atoms with van der Waals surface area (Å²) in [6.45, 7) is 92.9. The molecule has 24 rings (SSSR count). The summed E-state index contributed by atoms with van der Waals surface area (Å²) >= 11 is 0. The highest BCUT2D eigenvalue weighted by atomic mass is 16.3. The van der Waals surface area contributed by atoms with Crippen molar-refractivity contribution in [3.63, 3.8) is 0 Å². The number of hydrogen-bond donors (Lipinski definition) is 0. The zero-order valence-corrected chi connectivity index (χ0v) is 93.5. The van der Waals surface area contributed by atoms with Gasteiger partial charge in [-0.15, -0.1) is 0 Å². The molecule has 4 heteroatoms. The first-order valence-corrected chi connectivity index (χ1v) is 52.5. The second-order valence-electron chi connectivity index (χ2n) is 45.1. The predicted molar refractivity (Wildman–Crippen MR) is 616 cm³/mol. The maximum atomic E-state index is 6.08. The van der Waals surface area contributed by atoms with Gasteiger partial charge in [0, 0.05) is 27.1 Å². The Morgan fingerprint density at radius 3 is 0.722 bits per heavy atom. The van der Waals surface area contributed by atoms with E-state index in [0.717, 1.165) is 33.1 Å². The van der Waals surface area contributed by atoms with Crippen molar-refractivity contribution in [2.75, 3.05) is 0 Å². The van der Waals surface area contributed by atoms with E-state index in [-0.39, 0.29) is 21.7 Å². The van der Waals surface area contributed by atoms with Gasteiger partial charge in [0.25, 0.3) is 0 Å². The summed E-state index contributed by atoms with van der Waals surface area (Å²) in [7, 11) is 0. The van der Waals surface area contributed by atoms with E-state index in [0.29, 0.717) is 0 Å². The van der Waals surface area contributed by atoms with Crippen LogP contribution in [-0.4, -0.2) is 0 Å². The number of furan rings is 4. The fourth-order valence-electron chi connectivity index (χ4n) is 29.3. The lowest BCUT2D eigenvalue weighted by Gasteiger charge is -2.38. The maximum absolute atomic E-state index is 6.08. The minimum Gasteiger partial charge on any atom is -0.464 e. The molecule has 0 bridgehead atoms. The molecule has 0 radical (unpaired) electrons. The Kier molecular flexibility index (Phi) is 22.3. The summed E-state index contributed by atoms with van der Waals surface area (Å²) in [6, 6.07) is 26.8. The first-order valence-electron chi connectivity index (χ1n) is 52.5. The van der Waals surface area contributed by atoms with Crippen LogP contribution in [0.15, 0.2) is 140 Å². The first-order chi connectivity index (χ1) is 68.1. The first kappa shape index (κ1) is 96.8. The third-order valence-electron chi connectivity index (χ3n) is 40.2. The van der Waals surface area contributed by atoms with Crippen LogP contribution in [0.5, 0.6) is 0 Å². The minimum atomic E-state index is -0.374.